The van der Waals surface area contributed by atoms with E-state index >= 15 is 0 Å². The number of benzene rings is 1. The Labute approximate surface area is 144 Å². The lowest BCUT2D eigenvalue weighted by atomic mass is 10.1. The Kier molecular flexibility index (Phi) is 8.55. The molecule has 1 heterocycles. The first kappa shape index (κ1) is 19.9. The number of nitrogens with two attached hydrogens (primary N) is 1. The van der Waals surface area contributed by atoms with E-state index in [4.69, 9.17) is 15.2 Å². The predicted molar refractivity (Wildman–Crippen MR) is 92.6 cm³/mol. The predicted octanol–water partition coefficient (Wildman–Crippen LogP) is 2.15. The maximum absolute atomic E-state index is 12.8. The molecule has 0 saturated carbocycles. The van der Waals surface area contributed by atoms with Gasteiger partial charge in [0.05, 0.1) is 18.8 Å². The van der Waals surface area contributed by atoms with E-state index in [1.165, 1.54) is 0 Å². The molecule has 5 nitrogen and oxygen atoms in total. The van der Waals surface area contributed by atoms with Crippen LogP contribution >= 0.6 is 12.4 Å². The van der Waals surface area contributed by atoms with Crippen LogP contribution in [0.2, 0.25) is 0 Å². The summed E-state index contributed by atoms with van der Waals surface area (Å²) < 4.78 is 10.9. The highest BCUT2D eigenvalue weighted by atomic mass is 35.5. The number of methoxy groups -OCH3 is 1. The molecule has 0 aliphatic carbocycles. The average Bonchev–Trinajstić information content (AvgIpc) is 3.04. The SMILES string of the molecule is COCCN(C(=O)[C@@H]1CC[C@H](CN)O1)C(C)c1ccccc1.Cl. The number of rotatable bonds is 7. The van der Waals surface area contributed by atoms with E-state index in [-0.39, 0.29) is 36.6 Å². The molecule has 3 atom stereocenters. The molecule has 1 aromatic carbocycles. The second kappa shape index (κ2) is 9.88. The van der Waals surface area contributed by atoms with E-state index in [1.807, 2.05) is 42.2 Å². The van der Waals surface area contributed by atoms with Crippen LogP contribution in [0, 0.1) is 0 Å². The zero-order chi connectivity index (χ0) is 15.9. The van der Waals surface area contributed by atoms with Gasteiger partial charge in [0.25, 0.3) is 5.91 Å². The number of carbonyl (C=O) groups is 1. The van der Waals surface area contributed by atoms with Crippen LogP contribution in [0.4, 0.5) is 0 Å². The fourth-order valence-electron chi connectivity index (χ4n) is 2.84. The topological polar surface area (TPSA) is 64.8 Å². The second-order valence-corrected chi connectivity index (χ2v) is 5.67. The summed E-state index contributed by atoms with van der Waals surface area (Å²) in [7, 11) is 1.65. The Morgan fingerprint density at radius 3 is 2.65 bits per heavy atom. The number of nitrogens with zero attached hydrogens (tertiary/aromatic N) is 1. The number of ether oxygens (including phenoxy) is 2. The van der Waals surface area contributed by atoms with E-state index in [0.29, 0.717) is 19.7 Å². The molecule has 0 aromatic heterocycles. The summed E-state index contributed by atoms with van der Waals surface area (Å²) in [5.41, 5.74) is 6.74. The van der Waals surface area contributed by atoms with Crippen molar-refractivity contribution in [2.24, 2.45) is 5.73 Å². The van der Waals surface area contributed by atoms with Gasteiger partial charge < -0.3 is 20.1 Å². The highest BCUT2D eigenvalue weighted by Gasteiger charge is 2.34. The van der Waals surface area contributed by atoms with Gasteiger partial charge in [-0.25, -0.2) is 0 Å². The van der Waals surface area contributed by atoms with Crippen molar-refractivity contribution < 1.29 is 14.3 Å². The monoisotopic (exact) mass is 342 g/mol. The van der Waals surface area contributed by atoms with Gasteiger partial charge in [0.15, 0.2) is 0 Å². The van der Waals surface area contributed by atoms with Gasteiger partial charge in [0, 0.05) is 20.2 Å². The molecule has 1 saturated heterocycles. The van der Waals surface area contributed by atoms with Crippen molar-refractivity contribution in [3.8, 4) is 0 Å². The molecule has 0 spiro atoms. The summed E-state index contributed by atoms with van der Waals surface area (Å²) in [6.45, 7) is 3.57. The minimum absolute atomic E-state index is 0. The molecule has 2 rings (SSSR count). The Hall–Kier alpha value is -1.14. The quantitative estimate of drug-likeness (QED) is 0.824. The van der Waals surface area contributed by atoms with Crippen molar-refractivity contribution in [1.82, 2.24) is 4.90 Å². The van der Waals surface area contributed by atoms with Crippen LogP contribution in [0.3, 0.4) is 0 Å². The first-order valence-corrected chi connectivity index (χ1v) is 7.87. The molecule has 0 radical (unpaired) electrons. The molecule has 1 unspecified atom stereocenters. The zero-order valence-corrected chi connectivity index (χ0v) is 14.6. The fraction of sp³-hybridized carbons (Fsp3) is 0.588. The largest absolute Gasteiger partial charge is 0.383 e. The van der Waals surface area contributed by atoms with Crippen LogP contribution in [0.1, 0.15) is 31.4 Å². The zero-order valence-electron chi connectivity index (χ0n) is 13.8. The third kappa shape index (κ3) is 5.18. The van der Waals surface area contributed by atoms with Crippen molar-refractivity contribution >= 4 is 18.3 Å². The average molecular weight is 343 g/mol. The molecule has 0 bridgehead atoms. The Balaban J connectivity index is 0.00000264. The Bertz CT molecular complexity index is 472. The van der Waals surface area contributed by atoms with Gasteiger partial charge in [-0.2, -0.15) is 0 Å². The lowest BCUT2D eigenvalue weighted by molar-refractivity contribution is -0.145. The normalized spacial score (nSPS) is 21.5. The van der Waals surface area contributed by atoms with E-state index < -0.39 is 0 Å². The van der Waals surface area contributed by atoms with Crippen LogP contribution in [0.5, 0.6) is 0 Å². The molecule has 1 aromatic rings. The van der Waals surface area contributed by atoms with Gasteiger partial charge >= 0.3 is 0 Å². The van der Waals surface area contributed by atoms with Gasteiger partial charge in [0.2, 0.25) is 0 Å². The Morgan fingerprint density at radius 2 is 2.09 bits per heavy atom. The van der Waals surface area contributed by atoms with Crippen LogP contribution < -0.4 is 5.73 Å². The minimum Gasteiger partial charge on any atom is -0.383 e. The van der Waals surface area contributed by atoms with Gasteiger partial charge in [-0.15, -0.1) is 12.4 Å². The molecular formula is C17H27ClN2O3. The van der Waals surface area contributed by atoms with Gasteiger partial charge in [-0.1, -0.05) is 30.3 Å². The minimum atomic E-state index is -0.378. The van der Waals surface area contributed by atoms with Crippen LogP contribution in [-0.4, -0.2) is 49.8 Å². The number of hydrogen-bond acceptors (Lipinski definition) is 4. The first-order valence-electron chi connectivity index (χ1n) is 7.87. The summed E-state index contributed by atoms with van der Waals surface area (Å²) in [4.78, 5) is 14.7. The van der Waals surface area contributed by atoms with Gasteiger partial charge in [-0.05, 0) is 25.3 Å². The fourth-order valence-corrected chi connectivity index (χ4v) is 2.84. The highest BCUT2D eigenvalue weighted by molar-refractivity contribution is 5.85. The van der Waals surface area contributed by atoms with E-state index in [2.05, 4.69) is 0 Å². The third-order valence-corrected chi connectivity index (χ3v) is 4.21. The molecule has 1 aliphatic heterocycles. The van der Waals surface area contributed by atoms with Crippen LogP contribution in [-0.2, 0) is 14.3 Å². The molecule has 2 N–H and O–H groups in total. The molecule has 130 valence electrons. The molecule has 1 aliphatic rings. The van der Waals surface area contributed by atoms with E-state index in [1.54, 1.807) is 7.11 Å². The molecule has 1 fully saturated rings. The number of carbonyl (C=O) groups excluding carboxylic acids is 1. The molecular weight excluding hydrogens is 316 g/mol. The van der Waals surface area contributed by atoms with Gasteiger partial charge in [0.1, 0.15) is 6.10 Å². The summed E-state index contributed by atoms with van der Waals surface area (Å²) in [5, 5.41) is 0. The number of halogens is 1. The lowest BCUT2D eigenvalue weighted by Gasteiger charge is -2.31. The first-order chi connectivity index (χ1) is 10.7. The summed E-state index contributed by atoms with van der Waals surface area (Å²) in [6.07, 6.45) is 1.22. The maximum Gasteiger partial charge on any atom is 0.252 e. The summed E-state index contributed by atoms with van der Waals surface area (Å²) in [6, 6.07) is 10.0. The second-order valence-electron chi connectivity index (χ2n) is 5.67. The van der Waals surface area contributed by atoms with Crippen molar-refractivity contribution in [2.75, 3.05) is 26.8 Å². The number of amides is 1. The van der Waals surface area contributed by atoms with Crippen LogP contribution in [0.15, 0.2) is 30.3 Å². The molecule has 1 amide bonds. The molecule has 6 heteroatoms. The van der Waals surface area contributed by atoms with E-state index in [0.717, 1.165) is 18.4 Å². The maximum atomic E-state index is 12.8. The van der Waals surface area contributed by atoms with Crippen LogP contribution in [0.25, 0.3) is 0 Å². The number of hydrogen-bond donors (Lipinski definition) is 1. The summed E-state index contributed by atoms with van der Waals surface area (Å²) >= 11 is 0. The standard InChI is InChI=1S/C17H26N2O3.ClH/c1-13(14-6-4-3-5-7-14)19(10-11-21-2)17(20)16-9-8-15(12-18)22-16;/h3-7,13,15-16H,8-12,18H2,1-2H3;1H/t13?,15-,16+;/m1./s1. The van der Waals surface area contributed by atoms with Crippen molar-refractivity contribution in [3.05, 3.63) is 35.9 Å². The van der Waals surface area contributed by atoms with Crippen molar-refractivity contribution in [3.63, 3.8) is 0 Å². The smallest absolute Gasteiger partial charge is 0.252 e. The summed E-state index contributed by atoms with van der Waals surface area (Å²) in [5.74, 6) is 0.0318. The van der Waals surface area contributed by atoms with Gasteiger partial charge in [-0.3, -0.25) is 4.79 Å². The highest BCUT2D eigenvalue weighted by Crippen LogP contribution is 2.26. The lowest BCUT2D eigenvalue weighted by Crippen LogP contribution is -2.42. The van der Waals surface area contributed by atoms with Crippen molar-refractivity contribution in [1.29, 1.82) is 0 Å². The van der Waals surface area contributed by atoms with Crippen molar-refractivity contribution in [2.45, 2.75) is 38.0 Å². The third-order valence-electron chi connectivity index (χ3n) is 4.21. The Morgan fingerprint density at radius 1 is 1.39 bits per heavy atom. The van der Waals surface area contributed by atoms with E-state index in [9.17, 15) is 4.79 Å². The molecule has 23 heavy (non-hydrogen) atoms.